The highest BCUT2D eigenvalue weighted by atomic mass is 16.3. The fraction of sp³-hybridized carbons (Fsp3) is 0.692. The number of amides is 1. The Balaban J connectivity index is 2.01. The first-order valence-electron chi connectivity index (χ1n) is 6.15. The second-order valence-corrected chi connectivity index (χ2v) is 5.89. The molecule has 1 aliphatic rings. The van der Waals surface area contributed by atoms with Gasteiger partial charge >= 0.3 is 0 Å². The molecule has 0 aromatic carbocycles. The van der Waals surface area contributed by atoms with Crippen LogP contribution in [-0.4, -0.2) is 16.9 Å². The van der Waals surface area contributed by atoms with Gasteiger partial charge in [0.25, 0.3) is 5.91 Å². The van der Waals surface area contributed by atoms with Gasteiger partial charge in [-0.2, -0.15) is 0 Å². The third-order valence-corrected chi connectivity index (χ3v) is 3.07. The zero-order valence-electron chi connectivity index (χ0n) is 10.9. The summed E-state index contributed by atoms with van der Waals surface area (Å²) >= 11 is 0. The van der Waals surface area contributed by atoms with Crippen LogP contribution >= 0.6 is 0 Å². The topological polar surface area (TPSA) is 55.1 Å². The highest BCUT2D eigenvalue weighted by Crippen LogP contribution is 2.32. The zero-order chi connectivity index (χ0) is 12.6. The molecule has 1 amide bonds. The van der Waals surface area contributed by atoms with Crippen molar-refractivity contribution in [2.24, 2.45) is 5.92 Å². The van der Waals surface area contributed by atoms with Crippen LogP contribution in [0.1, 0.15) is 56.9 Å². The van der Waals surface area contributed by atoms with E-state index in [-0.39, 0.29) is 17.4 Å². The van der Waals surface area contributed by atoms with Gasteiger partial charge in [-0.3, -0.25) is 4.79 Å². The van der Waals surface area contributed by atoms with Crippen LogP contribution in [0.5, 0.6) is 0 Å². The number of nitrogens with one attached hydrogen (secondary N) is 1. The summed E-state index contributed by atoms with van der Waals surface area (Å²) in [5.74, 6) is 1.11. The van der Waals surface area contributed by atoms with E-state index in [4.69, 9.17) is 4.42 Å². The largest absolute Gasteiger partial charge is 0.448 e. The number of carbonyl (C=O) groups excluding carboxylic acids is 1. The highest BCUT2D eigenvalue weighted by molar-refractivity contribution is 5.92. The summed E-state index contributed by atoms with van der Waals surface area (Å²) in [7, 11) is 0. The van der Waals surface area contributed by atoms with Crippen molar-refractivity contribution in [2.45, 2.75) is 52.0 Å². The SMILES string of the molecule is C[C@H](NC(=O)c1coc(C(C)(C)C)n1)C1CC1. The Kier molecular flexibility index (Phi) is 2.98. The molecule has 0 aliphatic heterocycles. The smallest absolute Gasteiger partial charge is 0.273 e. The van der Waals surface area contributed by atoms with Crippen molar-refractivity contribution in [3.05, 3.63) is 17.8 Å². The second kappa shape index (κ2) is 4.17. The summed E-state index contributed by atoms with van der Waals surface area (Å²) in [6.45, 7) is 8.06. The molecule has 1 aromatic heterocycles. The number of oxazole rings is 1. The van der Waals surface area contributed by atoms with E-state index in [0.717, 1.165) is 0 Å². The minimum atomic E-state index is -0.166. The van der Waals surface area contributed by atoms with Crippen LogP contribution in [0.4, 0.5) is 0 Å². The number of nitrogens with zero attached hydrogens (tertiary/aromatic N) is 1. The normalized spacial score (nSPS) is 17.9. The molecule has 1 heterocycles. The lowest BCUT2D eigenvalue weighted by Crippen LogP contribution is -2.34. The van der Waals surface area contributed by atoms with Crippen molar-refractivity contribution < 1.29 is 9.21 Å². The summed E-state index contributed by atoms with van der Waals surface area (Å²) in [5.41, 5.74) is 0.211. The molecule has 2 rings (SSSR count). The molecule has 94 valence electrons. The van der Waals surface area contributed by atoms with E-state index in [1.807, 2.05) is 27.7 Å². The minimum absolute atomic E-state index is 0.136. The monoisotopic (exact) mass is 236 g/mol. The van der Waals surface area contributed by atoms with Crippen molar-refractivity contribution in [3.8, 4) is 0 Å². The molecule has 1 N–H and O–H groups in total. The zero-order valence-corrected chi connectivity index (χ0v) is 10.9. The van der Waals surface area contributed by atoms with Crippen LogP contribution < -0.4 is 5.32 Å². The van der Waals surface area contributed by atoms with Crippen molar-refractivity contribution >= 4 is 5.91 Å². The maximum absolute atomic E-state index is 11.9. The van der Waals surface area contributed by atoms with Crippen molar-refractivity contribution in [1.82, 2.24) is 10.3 Å². The summed E-state index contributed by atoms with van der Waals surface area (Å²) < 4.78 is 5.34. The average molecular weight is 236 g/mol. The van der Waals surface area contributed by atoms with Gasteiger partial charge in [0.15, 0.2) is 11.6 Å². The number of rotatable bonds is 3. The fourth-order valence-electron chi connectivity index (χ4n) is 1.72. The Labute approximate surface area is 102 Å². The fourth-order valence-corrected chi connectivity index (χ4v) is 1.72. The molecule has 0 bridgehead atoms. The number of aromatic nitrogens is 1. The van der Waals surface area contributed by atoms with Crippen molar-refractivity contribution in [1.29, 1.82) is 0 Å². The van der Waals surface area contributed by atoms with Gasteiger partial charge in [-0.05, 0) is 25.7 Å². The molecule has 0 spiro atoms. The molecule has 1 atom stereocenters. The summed E-state index contributed by atoms with van der Waals surface area (Å²) in [5, 5.41) is 2.96. The summed E-state index contributed by atoms with van der Waals surface area (Å²) in [4.78, 5) is 16.1. The maximum Gasteiger partial charge on any atom is 0.273 e. The molecular formula is C13H20N2O2. The molecule has 0 unspecified atom stereocenters. The predicted molar refractivity (Wildman–Crippen MR) is 64.9 cm³/mol. The second-order valence-electron chi connectivity index (χ2n) is 5.89. The Morgan fingerprint density at radius 2 is 2.18 bits per heavy atom. The lowest BCUT2D eigenvalue weighted by atomic mass is 9.97. The van der Waals surface area contributed by atoms with Crippen LogP contribution in [0.2, 0.25) is 0 Å². The van der Waals surface area contributed by atoms with E-state index < -0.39 is 0 Å². The minimum Gasteiger partial charge on any atom is -0.448 e. The van der Waals surface area contributed by atoms with Crippen LogP contribution in [0, 0.1) is 5.92 Å². The molecular weight excluding hydrogens is 216 g/mol. The van der Waals surface area contributed by atoms with Gasteiger partial charge in [0.05, 0.1) is 0 Å². The number of carbonyl (C=O) groups is 1. The molecule has 4 heteroatoms. The van der Waals surface area contributed by atoms with Gasteiger partial charge in [0.2, 0.25) is 0 Å². The van der Waals surface area contributed by atoms with Gasteiger partial charge < -0.3 is 9.73 Å². The summed E-state index contributed by atoms with van der Waals surface area (Å²) in [6.07, 6.45) is 3.87. The van der Waals surface area contributed by atoms with Crippen LogP contribution in [0.15, 0.2) is 10.7 Å². The first-order chi connectivity index (χ1) is 7.88. The summed E-state index contributed by atoms with van der Waals surface area (Å²) in [6, 6.07) is 0.234. The number of hydrogen-bond acceptors (Lipinski definition) is 3. The standard InChI is InChI=1S/C13H20N2O2/c1-8(9-5-6-9)14-11(16)10-7-17-12(15-10)13(2,3)4/h7-9H,5-6H2,1-4H3,(H,14,16)/t8-/m0/s1. The van der Waals surface area contributed by atoms with Crippen molar-refractivity contribution in [2.75, 3.05) is 0 Å². The third kappa shape index (κ3) is 2.87. The highest BCUT2D eigenvalue weighted by Gasteiger charge is 2.30. The predicted octanol–water partition coefficient (Wildman–Crippen LogP) is 2.50. The Hall–Kier alpha value is -1.32. The van der Waals surface area contributed by atoms with E-state index >= 15 is 0 Å². The quantitative estimate of drug-likeness (QED) is 0.877. The maximum atomic E-state index is 11.9. The van der Waals surface area contributed by atoms with Gasteiger partial charge in [0, 0.05) is 11.5 Å². The molecule has 1 saturated carbocycles. The first-order valence-corrected chi connectivity index (χ1v) is 6.15. The van der Waals surface area contributed by atoms with Gasteiger partial charge in [-0.1, -0.05) is 20.8 Å². The lowest BCUT2D eigenvalue weighted by Gasteiger charge is -2.12. The van der Waals surface area contributed by atoms with Gasteiger partial charge in [0.1, 0.15) is 6.26 Å². The van der Waals surface area contributed by atoms with E-state index in [1.54, 1.807) is 0 Å². The molecule has 1 aromatic rings. The van der Waals surface area contributed by atoms with Gasteiger partial charge in [-0.25, -0.2) is 4.98 Å². The molecule has 1 aliphatic carbocycles. The molecule has 0 radical (unpaired) electrons. The lowest BCUT2D eigenvalue weighted by molar-refractivity contribution is 0.0930. The van der Waals surface area contributed by atoms with Crippen molar-refractivity contribution in [3.63, 3.8) is 0 Å². The van der Waals surface area contributed by atoms with Crippen LogP contribution in [0.25, 0.3) is 0 Å². The van der Waals surface area contributed by atoms with E-state index in [9.17, 15) is 4.79 Å². The van der Waals surface area contributed by atoms with E-state index in [1.165, 1.54) is 19.1 Å². The number of hydrogen-bond donors (Lipinski definition) is 1. The molecule has 1 fully saturated rings. The average Bonchev–Trinajstić information content (AvgIpc) is 2.93. The van der Waals surface area contributed by atoms with E-state index in [2.05, 4.69) is 10.3 Å². The van der Waals surface area contributed by atoms with Crippen LogP contribution in [0.3, 0.4) is 0 Å². The Bertz CT molecular complexity index is 413. The van der Waals surface area contributed by atoms with Crippen LogP contribution in [-0.2, 0) is 5.41 Å². The molecule has 4 nitrogen and oxygen atoms in total. The van der Waals surface area contributed by atoms with Gasteiger partial charge in [-0.15, -0.1) is 0 Å². The Morgan fingerprint density at radius 3 is 2.65 bits per heavy atom. The van der Waals surface area contributed by atoms with E-state index in [0.29, 0.717) is 17.5 Å². The third-order valence-electron chi connectivity index (χ3n) is 3.07. The Morgan fingerprint density at radius 1 is 1.53 bits per heavy atom. The first kappa shape index (κ1) is 12.1. The molecule has 0 saturated heterocycles. The molecule has 17 heavy (non-hydrogen) atoms.